The maximum Gasteiger partial charge on any atom is 0.271 e. The van der Waals surface area contributed by atoms with Crippen molar-refractivity contribution in [3.63, 3.8) is 0 Å². The van der Waals surface area contributed by atoms with E-state index in [1.807, 2.05) is 45.0 Å². The molecule has 0 fully saturated rings. The molecule has 2 N–H and O–H groups in total. The number of aromatic nitrogens is 2. The standard InChI is InChI=1S/C17H21ClN4O/c1-17(2,3)20-15-9-8-14(21-22-15)16(23)19-11-10-12-4-6-13(18)7-5-12/h4-9H,10-11H2,1-3H3,(H,19,23)(H,20,22). The molecule has 1 aromatic carbocycles. The summed E-state index contributed by atoms with van der Waals surface area (Å²) in [4.78, 5) is 12.0. The average Bonchev–Trinajstić information content (AvgIpc) is 2.48. The molecule has 5 nitrogen and oxygen atoms in total. The number of amides is 1. The zero-order chi connectivity index (χ0) is 16.9. The van der Waals surface area contributed by atoms with E-state index in [9.17, 15) is 4.79 Å². The van der Waals surface area contributed by atoms with Crippen molar-refractivity contribution in [2.24, 2.45) is 0 Å². The van der Waals surface area contributed by atoms with Crippen molar-refractivity contribution < 1.29 is 4.79 Å². The molecule has 1 aromatic heterocycles. The van der Waals surface area contributed by atoms with Crippen molar-refractivity contribution in [3.05, 3.63) is 52.7 Å². The molecule has 122 valence electrons. The van der Waals surface area contributed by atoms with Crippen molar-refractivity contribution in [3.8, 4) is 0 Å². The molecule has 6 heteroatoms. The fraction of sp³-hybridized carbons (Fsp3) is 0.353. The van der Waals surface area contributed by atoms with Gasteiger partial charge in [0.2, 0.25) is 0 Å². The van der Waals surface area contributed by atoms with Gasteiger partial charge in [0.1, 0.15) is 5.82 Å². The summed E-state index contributed by atoms with van der Waals surface area (Å²) in [5, 5.41) is 14.7. The molecule has 1 heterocycles. The number of carbonyl (C=O) groups is 1. The van der Waals surface area contributed by atoms with Crippen LogP contribution in [0.25, 0.3) is 0 Å². The summed E-state index contributed by atoms with van der Waals surface area (Å²) in [6.45, 7) is 6.63. The van der Waals surface area contributed by atoms with E-state index < -0.39 is 0 Å². The van der Waals surface area contributed by atoms with Crippen LogP contribution in [0.1, 0.15) is 36.8 Å². The summed E-state index contributed by atoms with van der Waals surface area (Å²) in [5.74, 6) is 0.420. The normalized spacial score (nSPS) is 11.1. The van der Waals surface area contributed by atoms with Crippen molar-refractivity contribution in [1.82, 2.24) is 15.5 Å². The number of halogens is 1. The van der Waals surface area contributed by atoms with Crippen molar-refractivity contribution >= 4 is 23.3 Å². The molecular formula is C17H21ClN4O. The molecule has 0 spiro atoms. The van der Waals surface area contributed by atoms with Crippen LogP contribution in [0.4, 0.5) is 5.82 Å². The van der Waals surface area contributed by atoms with Gasteiger partial charge in [-0.1, -0.05) is 23.7 Å². The maximum atomic E-state index is 12.0. The highest BCUT2D eigenvalue weighted by Gasteiger charge is 2.12. The Kier molecular flexibility index (Phi) is 5.55. The Balaban J connectivity index is 1.84. The Labute approximate surface area is 141 Å². The zero-order valence-corrected chi connectivity index (χ0v) is 14.3. The number of rotatable bonds is 5. The Hall–Kier alpha value is -2.14. The molecule has 0 aliphatic carbocycles. The second-order valence-corrected chi connectivity index (χ2v) is 6.75. The highest BCUT2D eigenvalue weighted by molar-refractivity contribution is 6.30. The van der Waals surface area contributed by atoms with Gasteiger partial charge in [0, 0.05) is 17.1 Å². The molecule has 0 unspecified atom stereocenters. The number of carbonyl (C=O) groups excluding carboxylic acids is 1. The fourth-order valence-corrected chi connectivity index (χ4v) is 2.09. The van der Waals surface area contributed by atoms with Crippen molar-refractivity contribution in [2.75, 3.05) is 11.9 Å². The van der Waals surface area contributed by atoms with E-state index in [2.05, 4.69) is 20.8 Å². The number of anilines is 1. The van der Waals surface area contributed by atoms with E-state index >= 15 is 0 Å². The van der Waals surface area contributed by atoms with E-state index in [1.165, 1.54) is 0 Å². The van der Waals surface area contributed by atoms with Crippen molar-refractivity contribution in [1.29, 1.82) is 0 Å². The van der Waals surface area contributed by atoms with Crippen LogP contribution in [0.3, 0.4) is 0 Å². The largest absolute Gasteiger partial charge is 0.364 e. The lowest BCUT2D eigenvalue weighted by atomic mass is 10.1. The van der Waals surface area contributed by atoms with E-state index in [-0.39, 0.29) is 11.4 Å². The predicted molar refractivity (Wildman–Crippen MR) is 92.9 cm³/mol. The topological polar surface area (TPSA) is 66.9 Å². The van der Waals surface area contributed by atoms with Gasteiger partial charge in [0.05, 0.1) is 0 Å². The third kappa shape index (κ3) is 5.87. The molecule has 0 saturated carbocycles. The van der Waals surface area contributed by atoms with Gasteiger partial charge in [-0.05, 0) is 57.0 Å². The first-order valence-electron chi connectivity index (χ1n) is 7.48. The molecule has 1 amide bonds. The van der Waals surface area contributed by atoms with Gasteiger partial charge in [-0.3, -0.25) is 4.79 Å². The lowest BCUT2D eigenvalue weighted by Crippen LogP contribution is -2.28. The van der Waals surface area contributed by atoms with Gasteiger partial charge in [0.15, 0.2) is 5.69 Å². The Morgan fingerprint density at radius 1 is 1.09 bits per heavy atom. The van der Waals surface area contributed by atoms with E-state index in [1.54, 1.807) is 12.1 Å². The van der Waals surface area contributed by atoms with Crippen LogP contribution < -0.4 is 10.6 Å². The van der Waals surface area contributed by atoms with Crippen LogP contribution in [0.2, 0.25) is 5.02 Å². The molecule has 0 aliphatic heterocycles. The second-order valence-electron chi connectivity index (χ2n) is 6.31. The van der Waals surface area contributed by atoms with Gasteiger partial charge in [-0.15, -0.1) is 10.2 Å². The monoisotopic (exact) mass is 332 g/mol. The molecule has 0 atom stereocenters. The van der Waals surface area contributed by atoms with Crippen LogP contribution in [-0.2, 0) is 6.42 Å². The van der Waals surface area contributed by atoms with Crippen LogP contribution >= 0.6 is 11.6 Å². The number of nitrogens with zero attached hydrogens (tertiary/aromatic N) is 2. The third-order valence-corrected chi connectivity index (χ3v) is 3.26. The molecular weight excluding hydrogens is 312 g/mol. The number of hydrogen-bond acceptors (Lipinski definition) is 4. The number of hydrogen-bond donors (Lipinski definition) is 2. The highest BCUT2D eigenvalue weighted by Crippen LogP contribution is 2.11. The van der Waals surface area contributed by atoms with E-state index in [0.717, 1.165) is 12.0 Å². The predicted octanol–water partition coefficient (Wildman–Crippen LogP) is 3.31. The highest BCUT2D eigenvalue weighted by atomic mass is 35.5. The van der Waals surface area contributed by atoms with Gasteiger partial charge < -0.3 is 10.6 Å². The molecule has 0 saturated heterocycles. The lowest BCUT2D eigenvalue weighted by Gasteiger charge is -2.20. The molecule has 0 aliphatic rings. The average molecular weight is 333 g/mol. The maximum absolute atomic E-state index is 12.0. The minimum Gasteiger partial charge on any atom is -0.364 e. The summed E-state index contributed by atoms with van der Waals surface area (Å²) in [5.41, 5.74) is 1.32. The minimum atomic E-state index is -0.228. The van der Waals surface area contributed by atoms with E-state index in [4.69, 9.17) is 11.6 Å². The minimum absolute atomic E-state index is 0.100. The van der Waals surface area contributed by atoms with Gasteiger partial charge in [-0.25, -0.2) is 0 Å². The summed E-state index contributed by atoms with van der Waals surface area (Å²) in [7, 11) is 0. The first-order valence-corrected chi connectivity index (χ1v) is 7.86. The zero-order valence-electron chi connectivity index (χ0n) is 13.6. The first kappa shape index (κ1) is 17.2. The second kappa shape index (κ2) is 7.42. The summed E-state index contributed by atoms with van der Waals surface area (Å²) in [6, 6.07) is 11.0. The summed E-state index contributed by atoms with van der Waals surface area (Å²) in [6.07, 6.45) is 0.736. The van der Waals surface area contributed by atoms with Crippen LogP contribution in [0, 0.1) is 0 Å². The quantitative estimate of drug-likeness (QED) is 0.881. The molecule has 0 bridgehead atoms. The molecule has 2 aromatic rings. The Morgan fingerprint density at radius 2 is 1.78 bits per heavy atom. The van der Waals surface area contributed by atoms with Gasteiger partial charge >= 0.3 is 0 Å². The number of benzene rings is 1. The van der Waals surface area contributed by atoms with Gasteiger partial charge in [0.25, 0.3) is 5.91 Å². The van der Waals surface area contributed by atoms with Crippen molar-refractivity contribution in [2.45, 2.75) is 32.7 Å². The summed E-state index contributed by atoms with van der Waals surface area (Å²) >= 11 is 5.84. The van der Waals surface area contributed by atoms with Crippen LogP contribution in [0.15, 0.2) is 36.4 Å². The molecule has 23 heavy (non-hydrogen) atoms. The molecule has 0 radical (unpaired) electrons. The van der Waals surface area contributed by atoms with Crippen LogP contribution in [-0.4, -0.2) is 28.2 Å². The van der Waals surface area contributed by atoms with Crippen LogP contribution in [0.5, 0.6) is 0 Å². The SMILES string of the molecule is CC(C)(C)Nc1ccc(C(=O)NCCc2ccc(Cl)cc2)nn1. The summed E-state index contributed by atoms with van der Waals surface area (Å²) < 4.78 is 0. The van der Waals surface area contributed by atoms with Gasteiger partial charge in [-0.2, -0.15) is 0 Å². The molecule has 2 rings (SSSR count). The lowest BCUT2D eigenvalue weighted by molar-refractivity contribution is 0.0948. The third-order valence-electron chi connectivity index (χ3n) is 3.01. The smallest absolute Gasteiger partial charge is 0.271 e. The Morgan fingerprint density at radius 3 is 2.35 bits per heavy atom. The Bertz CT molecular complexity index is 648. The first-order chi connectivity index (χ1) is 10.8. The van der Waals surface area contributed by atoms with E-state index in [0.29, 0.717) is 23.1 Å². The fourth-order valence-electron chi connectivity index (χ4n) is 1.97. The number of nitrogens with one attached hydrogen (secondary N) is 2.